The van der Waals surface area contributed by atoms with E-state index in [1.54, 1.807) is 0 Å². The summed E-state index contributed by atoms with van der Waals surface area (Å²) in [6.07, 6.45) is 5.48. The number of fused-ring (bicyclic) bond motifs is 1. The molecule has 1 N–H and O–H groups in total. The highest BCUT2D eigenvalue weighted by molar-refractivity contribution is 5.84. The van der Waals surface area contributed by atoms with Crippen molar-refractivity contribution in [3.05, 3.63) is 36.5 Å². The Morgan fingerprint density at radius 2 is 2.05 bits per heavy atom. The van der Waals surface area contributed by atoms with Gasteiger partial charge in [-0.05, 0) is 44.2 Å². The van der Waals surface area contributed by atoms with Gasteiger partial charge in [-0.1, -0.05) is 19.9 Å². The topological polar surface area (TPSA) is 34.1 Å². The SMILES string of the molecule is CCC1(CC)C(NC)CC1Oc1cccc2ncccc12. The van der Waals surface area contributed by atoms with Crippen molar-refractivity contribution in [2.24, 2.45) is 5.41 Å². The lowest BCUT2D eigenvalue weighted by Crippen LogP contribution is -2.63. The molecule has 112 valence electrons. The smallest absolute Gasteiger partial charge is 0.129 e. The zero-order chi connectivity index (χ0) is 14.9. The van der Waals surface area contributed by atoms with Crippen LogP contribution in [0, 0.1) is 5.41 Å². The molecule has 3 rings (SSSR count). The number of hydrogen-bond acceptors (Lipinski definition) is 3. The van der Waals surface area contributed by atoms with Gasteiger partial charge in [-0.25, -0.2) is 0 Å². The van der Waals surface area contributed by atoms with Crippen LogP contribution in [-0.2, 0) is 0 Å². The highest BCUT2D eigenvalue weighted by Crippen LogP contribution is 2.49. The maximum atomic E-state index is 6.41. The zero-order valence-electron chi connectivity index (χ0n) is 13.1. The summed E-state index contributed by atoms with van der Waals surface area (Å²) in [5, 5.41) is 4.56. The third-order valence-electron chi connectivity index (χ3n) is 5.32. The molecule has 0 amide bonds. The minimum atomic E-state index is 0.249. The van der Waals surface area contributed by atoms with E-state index in [1.165, 1.54) is 0 Å². The first-order valence-electron chi connectivity index (χ1n) is 7.92. The lowest BCUT2D eigenvalue weighted by molar-refractivity contribution is -0.0829. The monoisotopic (exact) mass is 284 g/mol. The second-order valence-electron chi connectivity index (χ2n) is 5.95. The number of rotatable bonds is 5. The molecule has 0 spiro atoms. The van der Waals surface area contributed by atoms with E-state index in [4.69, 9.17) is 4.74 Å². The average Bonchev–Trinajstić information content (AvgIpc) is 2.52. The molecule has 1 aromatic carbocycles. The number of nitrogens with zero attached hydrogens (tertiary/aromatic N) is 1. The van der Waals surface area contributed by atoms with Gasteiger partial charge in [0, 0.05) is 29.5 Å². The predicted octanol–water partition coefficient (Wildman–Crippen LogP) is 3.78. The number of pyridine rings is 1. The standard InChI is InChI=1S/C18H24N2O/c1-4-18(5-2)16(19-3)12-17(18)21-15-10-6-9-14-13(15)8-7-11-20-14/h6-11,16-17,19H,4-5,12H2,1-3H3. The van der Waals surface area contributed by atoms with E-state index in [0.717, 1.165) is 35.9 Å². The third-order valence-corrected chi connectivity index (χ3v) is 5.32. The minimum absolute atomic E-state index is 0.249. The normalized spacial score (nSPS) is 23.8. The Morgan fingerprint density at radius 1 is 1.24 bits per heavy atom. The molecule has 1 heterocycles. The summed E-state index contributed by atoms with van der Waals surface area (Å²) in [5.41, 5.74) is 1.25. The minimum Gasteiger partial charge on any atom is -0.489 e. The van der Waals surface area contributed by atoms with Crippen LogP contribution in [0.4, 0.5) is 0 Å². The second kappa shape index (κ2) is 5.64. The van der Waals surface area contributed by atoms with Crippen molar-refractivity contribution in [2.45, 2.75) is 45.3 Å². The molecule has 0 bridgehead atoms. The Kier molecular flexibility index (Phi) is 3.85. The fourth-order valence-corrected chi connectivity index (χ4v) is 3.85. The van der Waals surface area contributed by atoms with Crippen molar-refractivity contribution in [1.82, 2.24) is 10.3 Å². The Hall–Kier alpha value is -1.61. The first-order chi connectivity index (χ1) is 10.2. The maximum Gasteiger partial charge on any atom is 0.129 e. The highest BCUT2D eigenvalue weighted by Gasteiger charge is 2.53. The number of ether oxygens (including phenoxy) is 1. The molecule has 0 aliphatic heterocycles. The summed E-state index contributed by atoms with van der Waals surface area (Å²) in [6, 6.07) is 10.7. The van der Waals surface area contributed by atoms with E-state index in [-0.39, 0.29) is 11.5 Å². The average molecular weight is 284 g/mol. The van der Waals surface area contributed by atoms with Crippen LogP contribution >= 0.6 is 0 Å². The molecule has 1 aliphatic rings. The van der Waals surface area contributed by atoms with Crippen LogP contribution in [0.2, 0.25) is 0 Å². The summed E-state index contributed by atoms with van der Waals surface area (Å²) in [6.45, 7) is 4.54. The molecule has 2 aromatic rings. The van der Waals surface area contributed by atoms with Crippen molar-refractivity contribution >= 4 is 10.9 Å². The lowest BCUT2D eigenvalue weighted by Gasteiger charge is -2.55. The van der Waals surface area contributed by atoms with Gasteiger partial charge in [0.25, 0.3) is 0 Å². The van der Waals surface area contributed by atoms with E-state index < -0.39 is 0 Å². The van der Waals surface area contributed by atoms with Crippen LogP contribution < -0.4 is 10.1 Å². The largest absolute Gasteiger partial charge is 0.489 e. The fourth-order valence-electron chi connectivity index (χ4n) is 3.85. The summed E-state index contributed by atoms with van der Waals surface area (Å²) in [4.78, 5) is 4.41. The number of benzene rings is 1. The van der Waals surface area contributed by atoms with Gasteiger partial charge in [0.1, 0.15) is 11.9 Å². The highest BCUT2D eigenvalue weighted by atomic mass is 16.5. The van der Waals surface area contributed by atoms with Crippen molar-refractivity contribution in [1.29, 1.82) is 0 Å². The quantitative estimate of drug-likeness (QED) is 0.907. The van der Waals surface area contributed by atoms with Gasteiger partial charge in [0.05, 0.1) is 5.52 Å². The van der Waals surface area contributed by atoms with Gasteiger partial charge in [0.2, 0.25) is 0 Å². The van der Waals surface area contributed by atoms with E-state index in [2.05, 4.69) is 43.3 Å². The van der Waals surface area contributed by atoms with Gasteiger partial charge in [0.15, 0.2) is 0 Å². The first-order valence-corrected chi connectivity index (χ1v) is 7.92. The van der Waals surface area contributed by atoms with Crippen molar-refractivity contribution in [3.8, 4) is 5.75 Å². The van der Waals surface area contributed by atoms with Gasteiger partial charge in [-0.15, -0.1) is 0 Å². The zero-order valence-corrected chi connectivity index (χ0v) is 13.1. The van der Waals surface area contributed by atoms with Crippen LogP contribution in [0.3, 0.4) is 0 Å². The Labute approximate surface area is 126 Å². The van der Waals surface area contributed by atoms with Crippen molar-refractivity contribution < 1.29 is 4.74 Å². The molecule has 2 atom stereocenters. The molecule has 0 radical (unpaired) electrons. The summed E-state index contributed by atoms with van der Waals surface area (Å²) >= 11 is 0. The van der Waals surface area contributed by atoms with Crippen LogP contribution in [-0.4, -0.2) is 24.2 Å². The van der Waals surface area contributed by atoms with Gasteiger partial charge in [-0.2, -0.15) is 0 Å². The molecule has 2 unspecified atom stereocenters. The number of aromatic nitrogens is 1. The second-order valence-corrected chi connectivity index (χ2v) is 5.95. The molecule has 1 fully saturated rings. The summed E-state index contributed by atoms with van der Waals surface area (Å²) < 4.78 is 6.41. The molecule has 0 saturated heterocycles. The lowest BCUT2D eigenvalue weighted by atomic mass is 9.58. The molecule has 21 heavy (non-hydrogen) atoms. The van der Waals surface area contributed by atoms with Crippen molar-refractivity contribution in [3.63, 3.8) is 0 Å². The van der Waals surface area contributed by atoms with Crippen LogP contribution in [0.1, 0.15) is 33.1 Å². The Bertz CT molecular complexity index is 616. The molecule has 3 nitrogen and oxygen atoms in total. The van der Waals surface area contributed by atoms with Gasteiger partial charge < -0.3 is 10.1 Å². The molecular weight excluding hydrogens is 260 g/mol. The number of hydrogen-bond donors (Lipinski definition) is 1. The fraction of sp³-hybridized carbons (Fsp3) is 0.500. The van der Waals surface area contributed by atoms with E-state index >= 15 is 0 Å². The van der Waals surface area contributed by atoms with Gasteiger partial charge >= 0.3 is 0 Å². The van der Waals surface area contributed by atoms with Gasteiger partial charge in [-0.3, -0.25) is 4.98 Å². The number of nitrogens with one attached hydrogen (secondary N) is 1. The summed E-state index contributed by atoms with van der Waals surface area (Å²) in [5.74, 6) is 0.964. The molecule has 1 aromatic heterocycles. The first kappa shape index (κ1) is 14.3. The third kappa shape index (κ3) is 2.20. The summed E-state index contributed by atoms with van der Waals surface area (Å²) in [7, 11) is 2.06. The van der Waals surface area contributed by atoms with E-state index in [9.17, 15) is 0 Å². The Balaban J connectivity index is 1.89. The van der Waals surface area contributed by atoms with Crippen LogP contribution in [0.25, 0.3) is 10.9 Å². The molecule has 3 heteroatoms. The van der Waals surface area contributed by atoms with Crippen LogP contribution in [0.15, 0.2) is 36.5 Å². The van der Waals surface area contributed by atoms with Crippen molar-refractivity contribution in [2.75, 3.05) is 7.05 Å². The predicted molar refractivity (Wildman–Crippen MR) is 86.6 cm³/mol. The molecule has 1 aliphatic carbocycles. The van der Waals surface area contributed by atoms with E-state index in [0.29, 0.717) is 6.04 Å². The Morgan fingerprint density at radius 3 is 2.76 bits per heavy atom. The van der Waals surface area contributed by atoms with E-state index in [1.807, 2.05) is 24.4 Å². The van der Waals surface area contributed by atoms with Crippen LogP contribution in [0.5, 0.6) is 5.75 Å². The molecular formula is C18H24N2O. The maximum absolute atomic E-state index is 6.41. The molecule has 1 saturated carbocycles.